The van der Waals surface area contributed by atoms with E-state index in [1.54, 1.807) is 0 Å². The summed E-state index contributed by atoms with van der Waals surface area (Å²) in [6.07, 6.45) is 1.86. The smallest absolute Gasteiger partial charge is 0.105 e. The highest BCUT2D eigenvalue weighted by molar-refractivity contribution is 5.19. The van der Waals surface area contributed by atoms with Gasteiger partial charge in [-0.05, 0) is 32.8 Å². The van der Waals surface area contributed by atoms with Crippen LogP contribution in [0.1, 0.15) is 29.9 Å². The summed E-state index contributed by atoms with van der Waals surface area (Å²) in [5, 5.41) is 13.0. The van der Waals surface area contributed by atoms with Crippen molar-refractivity contribution in [3.63, 3.8) is 0 Å². The van der Waals surface area contributed by atoms with Crippen molar-refractivity contribution in [1.82, 2.24) is 5.32 Å². The van der Waals surface area contributed by atoms with Crippen molar-refractivity contribution in [1.29, 1.82) is 0 Å². The van der Waals surface area contributed by atoms with Crippen LogP contribution < -0.4 is 5.32 Å². The lowest BCUT2D eigenvalue weighted by Gasteiger charge is -2.35. The van der Waals surface area contributed by atoms with Gasteiger partial charge in [0.05, 0.1) is 6.61 Å². The third-order valence-electron chi connectivity index (χ3n) is 3.85. The van der Waals surface area contributed by atoms with Crippen molar-refractivity contribution in [2.75, 3.05) is 26.4 Å². The molecule has 4 nitrogen and oxygen atoms in total. The normalized spacial score (nSPS) is 19.1. The van der Waals surface area contributed by atoms with Crippen molar-refractivity contribution in [3.05, 3.63) is 23.2 Å². The highest BCUT2D eigenvalue weighted by atomic mass is 16.5. The summed E-state index contributed by atoms with van der Waals surface area (Å²) in [5.41, 5.74) is 1.19. The second kappa shape index (κ2) is 5.87. The highest BCUT2D eigenvalue weighted by Crippen LogP contribution is 2.29. The second-order valence-electron chi connectivity index (χ2n) is 5.31. The van der Waals surface area contributed by atoms with Gasteiger partial charge in [-0.2, -0.15) is 0 Å². The molecule has 102 valence electrons. The Morgan fingerprint density at radius 3 is 2.61 bits per heavy atom. The molecule has 0 atom stereocenters. The topological polar surface area (TPSA) is 54.6 Å². The number of furan rings is 1. The Bertz CT molecular complexity index is 380. The van der Waals surface area contributed by atoms with Gasteiger partial charge >= 0.3 is 0 Å². The molecule has 0 amide bonds. The molecule has 18 heavy (non-hydrogen) atoms. The first kappa shape index (κ1) is 13.6. The molecule has 1 fully saturated rings. The first-order chi connectivity index (χ1) is 8.65. The minimum Gasteiger partial charge on any atom is -0.466 e. The van der Waals surface area contributed by atoms with Gasteiger partial charge < -0.3 is 19.6 Å². The minimum absolute atomic E-state index is 0.00899. The van der Waals surface area contributed by atoms with E-state index < -0.39 is 0 Å². The summed E-state index contributed by atoms with van der Waals surface area (Å²) in [7, 11) is 0. The fourth-order valence-corrected chi connectivity index (χ4v) is 2.52. The van der Waals surface area contributed by atoms with Crippen LogP contribution in [0.3, 0.4) is 0 Å². The van der Waals surface area contributed by atoms with E-state index in [0.717, 1.165) is 50.7 Å². The summed E-state index contributed by atoms with van der Waals surface area (Å²) in [6, 6.07) is 2.07. The number of ether oxygens (including phenoxy) is 1. The van der Waals surface area contributed by atoms with E-state index in [0.29, 0.717) is 0 Å². The zero-order chi connectivity index (χ0) is 13.0. The average Bonchev–Trinajstić information content (AvgIpc) is 2.69. The van der Waals surface area contributed by atoms with E-state index in [-0.39, 0.29) is 12.0 Å². The number of hydrogen-bond donors (Lipinski definition) is 2. The van der Waals surface area contributed by atoms with Crippen LogP contribution in [0, 0.1) is 19.3 Å². The first-order valence-electron chi connectivity index (χ1n) is 6.60. The number of nitrogens with one attached hydrogen (secondary N) is 1. The van der Waals surface area contributed by atoms with Crippen LogP contribution >= 0.6 is 0 Å². The lowest BCUT2D eigenvalue weighted by Crippen LogP contribution is -2.41. The van der Waals surface area contributed by atoms with Crippen LogP contribution in [-0.2, 0) is 11.3 Å². The predicted molar refractivity (Wildman–Crippen MR) is 69.5 cm³/mol. The minimum atomic E-state index is -0.00899. The van der Waals surface area contributed by atoms with Gasteiger partial charge in [0.15, 0.2) is 0 Å². The van der Waals surface area contributed by atoms with Gasteiger partial charge in [-0.3, -0.25) is 0 Å². The van der Waals surface area contributed by atoms with Crippen LogP contribution in [0.2, 0.25) is 0 Å². The molecule has 0 bridgehead atoms. The first-order valence-corrected chi connectivity index (χ1v) is 6.60. The molecular formula is C14H23NO3. The van der Waals surface area contributed by atoms with E-state index in [9.17, 15) is 5.11 Å². The third-order valence-corrected chi connectivity index (χ3v) is 3.85. The van der Waals surface area contributed by atoms with Gasteiger partial charge in [0, 0.05) is 37.3 Å². The molecule has 0 saturated carbocycles. The lowest BCUT2D eigenvalue weighted by atomic mass is 9.81. The molecule has 1 aliphatic heterocycles. The number of aryl methyl sites for hydroxylation is 2. The SMILES string of the molecule is Cc1cc(CNCC2(CO)CCOCC2)c(C)o1. The monoisotopic (exact) mass is 253 g/mol. The van der Waals surface area contributed by atoms with E-state index in [4.69, 9.17) is 9.15 Å². The van der Waals surface area contributed by atoms with Crippen LogP contribution in [0.4, 0.5) is 0 Å². The molecule has 1 aromatic rings. The molecule has 2 rings (SSSR count). The Hall–Kier alpha value is -0.840. The van der Waals surface area contributed by atoms with Crippen molar-refractivity contribution in [2.45, 2.75) is 33.2 Å². The Morgan fingerprint density at radius 2 is 2.06 bits per heavy atom. The zero-order valence-electron chi connectivity index (χ0n) is 11.3. The Balaban J connectivity index is 1.85. The maximum atomic E-state index is 9.58. The van der Waals surface area contributed by atoms with Crippen molar-refractivity contribution < 1.29 is 14.3 Å². The van der Waals surface area contributed by atoms with Crippen LogP contribution in [0.5, 0.6) is 0 Å². The Morgan fingerprint density at radius 1 is 1.33 bits per heavy atom. The molecule has 1 saturated heterocycles. The predicted octanol–water partition coefficient (Wildman–Crippen LogP) is 1.78. The molecule has 4 heteroatoms. The highest BCUT2D eigenvalue weighted by Gasteiger charge is 2.31. The van der Waals surface area contributed by atoms with Crippen molar-refractivity contribution in [2.24, 2.45) is 5.41 Å². The standard InChI is InChI=1S/C14H23NO3/c1-11-7-13(12(2)18-11)8-15-9-14(10-16)3-5-17-6-4-14/h7,15-16H,3-6,8-10H2,1-2H3. The van der Waals surface area contributed by atoms with Crippen LogP contribution in [0.15, 0.2) is 10.5 Å². The molecule has 0 unspecified atom stereocenters. The van der Waals surface area contributed by atoms with E-state index in [1.165, 1.54) is 5.56 Å². The molecule has 2 heterocycles. The molecule has 1 aromatic heterocycles. The summed E-state index contributed by atoms with van der Waals surface area (Å²) < 4.78 is 10.9. The fraction of sp³-hybridized carbons (Fsp3) is 0.714. The summed E-state index contributed by atoms with van der Waals surface area (Å²) >= 11 is 0. The Kier molecular flexibility index (Phi) is 4.43. The van der Waals surface area contributed by atoms with Gasteiger partial charge in [0.1, 0.15) is 11.5 Å². The number of hydrogen-bond acceptors (Lipinski definition) is 4. The number of rotatable bonds is 5. The van der Waals surface area contributed by atoms with E-state index >= 15 is 0 Å². The number of aliphatic hydroxyl groups excluding tert-OH is 1. The van der Waals surface area contributed by atoms with Crippen LogP contribution in [-0.4, -0.2) is 31.5 Å². The van der Waals surface area contributed by atoms with E-state index in [2.05, 4.69) is 11.4 Å². The van der Waals surface area contributed by atoms with Crippen molar-refractivity contribution in [3.8, 4) is 0 Å². The van der Waals surface area contributed by atoms with E-state index in [1.807, 2.05) is 13.8 Å². The van der Waals surface area contributed by atoms with Gasteiger partial charge in [0.25, 0.3) is 0 Å². The fourth-order valence-electron chi connectivity index (χ4n) is 2.52. The Labute approximate surface area is 108 Å². The maximum absolute atomic E-state index is 9.58. The maximum Gasteiger partial charge on any atom is 0.105 e. The molecule has 0 aliphatic carbocycles. The largest absolute Gasteiger partial charge is 0.466 e. The summed E-state index contributed by atoms with van der Waals surface area (Å²) in [4.78, 5) is 0. The van der Waals surface area contributed by atoms with Gasteiger partial charge in [-0.1, -0.05) is 0 Å². The summed E-state index contributed by atoms with van der Waals surface area (Å²) in [5.74, 6) is 1.93. The quantitative estimate of drug-likeness (QED) is 0.840. The average molecular weight is 253 g/mol. The molecular weight excluding hydrogens is 230 g/mol. The molecule has 0 aromatic carbocycles. The molecule has 2 N–H and O–H groups in total. The lowest BCUT2D eigenvalue weighted by molar-refractivity contribution is -0.0154. The molecule has 0 spiro atoms. The number of aliphatic hydroxyl groups is 1. The molecule has 0 radical (unpaired) electrons. The van der Waals surface area contributed by atoms with Crippen molar-refractivity contribution >= 4 is 0 Å². The van der Waals surface area contributed by atoms with Gasteiger partial charge in [-0.15, -0.1) is 0 Å². The third kappa shape index (κ3) is 3.13. The molecule has 1 aliphatic rings. The second-order valence-corrected chi connectivity index (χ2v) is 5.31. The van der Waals surface area contributed by atoms with Gasteiger partial charge in [-0.25, -0.2) is 0 Å². The summed E-state index contributed by atoms with van der Waals surface area (Å²) in [6.45, 7) is 7.32. The zero-order valence-corrected chi connectivity index (χ0v) is 11.3. The van der Waals surface area contributed by atoms with Crippen LogP contribution in [0.25, 0.3) is 0 Å². The van der Waals surface area contributed by atoms with Gasteiger partial charge in [0.2, 0.25) is 0 Å².